The molecule has 1 atom stereocenters. The normalized spacial score (nSPS) is 17.7. The fraction of sp³-hybridized carbons (Fsp3) is 0.647. The molecular weight excluding hydrogens is 308 g/mol. The van der Waals surface area contributed by atoms with Gasteiger partial charge < -0.3 is 24.6 Å². The van der Waals surface area contributed by atoms with Crippen molar-refractivity contribution in [2.24, 2.45) is 0 Å². The third-order valence-electron chi connectivity index (χ3n) is 4.12. The number of nitrogens with one attached hydrogen (secondary N) is 1. The number of hydrogen-bond donors (Lipinski definition) is 1. The Balaban J connectivity index is 1.88. The molecule has 2 rings (SSSR count). The minimum absolute atomic E-state index is 0.0194. The molecule has 1 aliphatic rings. The van der Waals surface area contributed by atoms with Gasteiger partial charge in [-0.25, -0.2) is 9.78 Å². The van der Waals surface area contributed by atoms with Gasteiger partial charge in [0.25, 0.3) is 0 Å². The third-order valence-corrected chi connectivity index (χ3v) is 4.12. The van der Waals surface area contributed by atoms with Gasteiger partial charge in [0.2, 0.25) is 0 Å². The summed E-state index contributed by atoms with van der Waals surface area (Å²) in [6.45, 7) is 5.60. The van der Waals surface area contributed by atoms with Crippen molar-refractivity contribution < 1.29 is 14.3 Å². The highest BCUT2D eigenvalue weighted by Gasteiger charge is 2.29. The van der Waals surface area contributed by atoms with Crippen molar-refractivity contribution in [1.82, 2.24) is 15.2 Å². The number of aromatic nitrogens is 1. The first kappa shape index (κ1) is 18.3. The van der Waals surface area contributed by atoms with E-state index in [0.717, 1.165) is 18.0 Å². The number of rotatable bonds is 6. The number of urea groups is 1. The van der Waals surface area contributed by atoms with Crippen LogP contribution in [0.3, 0.4) is 0 Å². The highest BCUT2D eigenvalue weighted by atomic mass is 16.5. The fourth-order valence-electron chi connectivity index (χ4n) is 2.47. The van der Waals surface area contributed by atoms with E-state index in [2.05, 4.69) is 10.3 Å². The highest BCUT2D eigenvalue weighted by molar-refractivity contribution is 5.74. The monoisotopic (exact) mass is 336 g/mol. The molecule has 1 N–H and O–H groups in total. The Kier molecular flexibility index (Phi) is 5.88. The molecule has 0 aliphatic carbocycles. The number of hydrogen-bond acceptors (Lipinski definition) is 5. The molecule has 1 saturated heterocycles. The van der Waals surface area contributed by atoms with Gasteiger partial charge in [0.15, 0.2) is 11.6 Å². The topological polar surface area (TPSA) is 66.9 Å². The first-order valence-corrected chi connectivity index (χ1v) is 8.19. The van der Waals surface area contributed by atoms with Gasteiger partial charge >= 0.3 is 6.03 Å². The quantitative estimate of drug-likeness (QED) is 0.857. The summed E-state index contributed by atoms with van der Waals surface area (Å²) >= 11 is 0. The lowest BCUT2D eigenvalue weighted by atomic mass is 10.1. The second kappa shape index (κ2) is 7.70. The maximum absolute atomic E-state index is 12.3. The number of ether oxygens (including phenoxy) is 2. The van der Waals surface area contributed by atoms with Gasteiger partial charge in [0, 0.05) is 46.9 Å². The van der Waals surface area contributed by atoms with Crippen molar-refractivity contribution in [3.05, 3.63) is 18.3 Å². The van der Waals surface area contributed by atoms with Gasteiger partial charge in [-0.2, -0.15) is 0 Å². The zero-order chi connectivity index (χ0) is 17.7. The third kappa shape index (κ3) is 4.74. The maximum atomic E-state index is 12.3. The number of amides is 2. The Morgan fingerprint density at radius 1 is 1.50 bits per heavy atom. The molecular formula is C17H28N4O3. The summed E-state index contributed by atoms with van der Waals surface area (Å²) < 4.78 is 11.4. The van der Waals surface area contributed by atoms with Gasteiger partial charge in [-0.05, 0) is 26.0 Å². The molecule has 1 aromatic rings. The van der Waals surface area contributed by atoms with Gasteiger partial charge in [-0.3, -0.25) is 0 Å². The molecule has 1 aliphatic heterocycles. The minimum atomic E-state index is -0.373. The smallest absolute Gasteiger partial charge is 0.317 e. The second-order valence-electron chi connectivity index (χ2n) is 6.82. The molecule has 24 heavy (non-hydrogen) atoms. The fourth-order valence-corrected chi connectivity index (χ4v) is 2.47. The minimum Gasteiger partial charge on any atom is -0.485 e. The first-order chi connectivity index (χ1) is 11.3. The summed E-state index contributed by atoms with van der Waals surface area (Å²) in [6.07, 6.45) is 2.53. The molecule has 0 radical (unpaired) electrons. The average molecular weight is 336 g/mol. The Bertz CT molecular complexity index is 563. The van der Waals surface area contributed by atoms with E-state index in [-0.39, 0.29) is 17.7 Å². The van der Waals surface area contributed by atoms with Gasteiger partial charge in [-0.1, -0.05) is 0 Å². The molecule has 0 unspecified atom stereocenters. The van der Waals surface area contributed by atoms with Crippen LogP contribution in [0.15, 0.2) is 18.3 Å². The van der Waals surface area contributed by atoms with Crippen LogP contribution in [0.5, 0.6) is 5.75 Å². The summed E-state index contributed by atoms with van der Waals surface area (Å²) in [5.74, 6) is 1.54. The van der Waals surface area contributed by atoms with E-state index in [1.54, 1.807) is 18.2 Å². The Morgan fingerprint density at radius 2 is 2.25 bits per heavy atom. The highest BCUT2D eigenvalue weighted by Crippen LogP contribution is 2.26. The lowest BCUT2D eigenvalue weighted by Crippen LogP contribution is -2.45. The molecule has 1 aromatic heterocycles. The molecule has 2 amide bonds. The molecule has 1 fully saturated rings. The summed E-state index contributed by atoms with van der Waals surface area (Å²) in [7, 11) is 5.50. The molecule has 7 heteroatoms. The van der Waals surface area contributed by atoms with Gasteiger partial charge in [0.1, 0.15) is 6.10 Å². The largest absolute Gasteiger partial charge is 0.485 e. The van der Waals surface area contributed by atoms with Crippen LogP contribution in [-0.4, -0.2) is 68.5 Å². The van der Waals surface area contributed by atoms with Crippen molar-refractivity contribution in [3.8, 4) is 5.75 Å². The number of anilines is 1. The Hall–Kier alpha value is -2.02. The molecule has 0 bridgehead atoms. The van der Waals surface area contributed by atoms with Crippen LogP contribution in [0.4, 0.5) is 10.6 Å². The maximum Gasteiger partial charge on any atom is 0.317 e. The summed E-state index contributed by atoms with van der Waals surface area (Å²) in [5, 5.41) is 2.92. The zero-order valence-corrected chi connectivity index (χ0v) is 15.2. The molecule has 0 aromatic carbocycles. The Labute approximate surface area is 143 Å². The average Bonchev–Trinajstić information content (AvgIpc) is 3.01. The summed E-state index contributed by atoms with van der Waals surface area (Å²) in [6, 6.07) is 3.69. The van der Waals surface area contributed by atoms with E-state index < -0.39 is 0 Å². The van der Waals surface area contributed by atoms with Crippen LogP contribution >= 0.6 is 0 Å². The second-order valence-corrected chi connectivity index (χ2v) is 6.82. The molecule has 134 valence electrons. The van der Waals surface area contributed by atoms with Gasteiger partial charge in [0.05, 0.1) is 12.1 Å². The van der Waals surface area contributed by atoms with Crippen LogP contribution in [0.25, 0.3) is 0 Å². The van der Waals surface area contributed by atoms with Crippen molar-refractivity contribution in [1.29, 1.82) is 0 Å². The Morgan fingerprint density at radius 3 is 2.92 bits per heavy atom. The van der Waals surface area contributed by atoms with Crippen LogP contribution in [0.2, 0.25) is 0 Å². The van der Waals surface area contributed by atoms with E-state index in [1.165, 1.54) is 0 Å². The van der Waals surface area contributed by atoms with Crippen LogP contribution in [-0.2, 0) is 4.74 Å². The van der Waals surface area contributed by atoms with E-state index in [1.807, 2.05) is 45.0 Å². The predicted octanol–water partition coefficient (Wildman–Crippen LogP) is 1.74. The molecule has 7 nitrogen and oxygen atoms in total. The van der Waals surface area contributed by atoms with Gasteiger partial charge in [-0.15, -0.1) is 0 Å². The van der Waals surface area contributed by atoms with Crippen molar-refractivity contribution >= 4 is 11.8 Å². The standard InChI is InChI=1S/C17H28N4O3/c1-17(2,23-5)12-19-16(22)21-10-8-13(11-21)24-14-7-6-9-18-15(14)20(3)4/h6-7,9,13H,8,10-12H2,1-5H3,(H,19,22)/t13-/m0/s1. The van der Waals surface area contributed by atoms with Crippen molar-refractivity contribution in [2.45, 2.75) is 32.0 Å². The van der Waals surface area contributed by atoms with Crippen molar-refractivity contribution in [3.63, 3.8) is 0 Å². The first-order valence-electron chi connectivity index (χ1n) is 8.19. The molecule has 0 spiro atoms. The lowest BCUT2D eigenvalue weighted by molar-refractivity contribution is 0.0244. The lowest BCUT2D eigenvalue weighted by Gasteiger charge is -2.25. The van der Waals surface area contributed by atoms with E-state index >= 15 is 0 Å². The number of nitrogens with zero attached hydrogens (tertiary/aromatic N) is 3. The van der Waals surface area contributed by atoms with E-state index in [9.17, 15) is 4.79 Å². The van der Waals surface area contributed by atoms with Crippen molar-refractivity contribution in [2.75, 3.05) is 45.7 Å². The number of carbonyl (C=O) groups excluding carboxylic acids is 1. The number of carbonyl (C=O) groups is 1. The van der Waals surface area contributed by atoms with Crippen LogP contribution < -0.4 is 15.0 Å². The van der Waals surface area contributed by atoms with E-state index in [0.29, 0.717) is 19.6 Å². The van der Waals surface area contributed by atoms with E-state index in [4.69, 9.17) is 9.47 Å². The predicted molar refractivity (Wildman–Crippen MR) is 93.7 cm³/mol. The van der Waals surface area contributed by atoms with Crippen LogP contribution in [0.1, 0.15) is 20.3 Å². The summed E-state index contributed by atoms with van der Waals surface area (Å²) in [4.78, 5) is 20.3. The number of pyridine rings is 1. The van der Waals surface area contributed by atoms with Crippen LogP contribution in [0, 0.1) is 0 Å². The SMILES string of the molecule is COC(C)(C)CNC(=O)N1CC[C@H](Oc2cccnc2N(C)C)C1. The summed E-state index contributed by atoms with van der Waals surface area (Å²) in [5.41, 5.74) is -0.373. The number of likely N-dealkylation sites (tertiary alicyclic amines) is 1. The zero-order valence-electron chi connectivity index (χ0n) is 15.2. The molecule has 2 heterocycles. The number of methoxy groups -OCH3 is 1. The molecule has 0 saturated carbocycles.